The first-order chi connectivity index (χ1) is 11.5. The van der Waals surface area contributed by atoms with Gasteiger partial charge >= 0.3 is 5.97 Å². The lowest BCUT2D eigenvalue weighted by Crippen LogP contribution is -2.33. The van der Waals surface area contributed by atoms with Crippen molar-refractivity contribution in [1.82, 2.24) is 9.71 Å². The maximum Gasteiger partial charge on any atom is 0.326 e. The summed E-state index contributed by atoms with van der Waals surface area (Å²) in [6, 6.07) is 13.2. The van der Waals surface area contributed by atoms with E-state index in [9.17, 15) is 18.3 Å². The van der Waals surface area contributed by atoms with Gasteiger partial charge in [-0.3, -0.25) is 9.78 Å². The minimum atomic E-state index is -4.04. The number of hydrogen-bond acceptors (Lipinski definition) is 4. The normalized spacial score (nSPS) is 12.8. The van der Waals surface area contributed by atoms with Crippen molar-refractivity contribution in [2.75, 3.05) is 0 Å². The number of pyridine rings is 1. The summed E-state index contributed by atoms with van der Waals surface area (Å²) >= 11 is 0. The third kappa shape index (κ3) is 3.12. The number of hydrogen-bond donors (Lipinski definition) is 2. The van der Waals surface area contributed by atoms with Gasteiger partial charge in [-0.1, -0.05) is 42.5 Å². The highest BCUT2D eigenvalue weighted by Gasteiger charge is 2.27. The molecular formula is C17H14N2O4S. The van der Waals surface area contributed by atoms with E-state index in [2.05, 4.69) is 9.71 Å². The Morgan fingerprint density at radius 3 is 2.50 bits per heavy atom. The molecule has 0 aliphatic rings. The Morgan fingerprint density at radius 1 is 1.04 bits per heavy atom. The number of carboxylic acid groups (broad SMARTS) is 1. The van der Waals surface area contributed by atoms with Crippen molar-refractivity contribution < 1.29 is 18.3 Å². The van der Waals surface area contributed by atoms with Gasteiger partial charge in [0.25, 0.3) is 0 Å². The van der Waals surface area contributed by atoms with Crippen LogP contribution >= 0.6 is 0 Å². The molecule has 122 valence electrons. The van der Waals surface area contributed by atoms with Crippen LogP contribution in [-0.4, -0.2) is 24.5 Å². The van der Waals surface area contributed by atoms with Crippen LogP contribution < -0.4 is 4.72 Å². The van der Waals surface area contributed by atoms with Crippen molar-refractivity contribution >= 4 is 26.8 Å². The van der Waals surface area contributed by atoms with E-state index >= 15 is 0 Å². The molecule has 0 fully saturated rings. The molecule has 0 aliphatic carbocycles. The molecule has 2 aromatic carbocycles. The largest absolute Gasteiger partial charge is 0.480 e. The molecule has 0 spiro atoms. The molecule has 6 nitrogen and oxygen atoms in total. The van der Waals surface area contributed by atoms with Crippen molar-refractivity contribution in [3.05, 3.63) is 72.6 Å². The van der Waals surface area contributed by atoms with Gasteiger partial charge in [-0.05, 0) is 17.7 Å². The van der Waals surface area contributed by atoms with Gasteiger partial charge in [0, 0.05) is 23.2 Å². The number of carbonyl (C=O) groups is 1. The van der Waals surface area contributed by atoms with Gasteiger partial charge in [0.1, 0.15) is 6.04 Å². The van der Waals surface area contributed by atoms with Gasteiger partial charge in [-0.2, -0.15) is 4.72 Å². The van der Waals surface area contributed by atoms with Gasteiger partial charge in [0.2, 0.25) is 10.0 Å². The van der Waals surface area contributed by atoms with Crippen molar-refractivity contribution in [3.63, 3.8) is 0 Å². The first-order valence-electron chi connectivity index (χ1n) is 7.12. The lowest BCUT2D eigenvalue weighted by Gasteiger charge is -2.16. The molecule has 0 aliphatic heterocycles. The van der Waals surface area contributed by atoms with Gasteiger partial charge in [0.15, 0.2) is 0 Å². The van der Waals surface area contributed by atoms with Crippen LogP contribution in [-0.2, 0) is 14.8 Å². The van der Waals surface area contributed by atoms with Crippen LogP contribution in [0.2, 0.25) is 0 Å². The number of benzene rings is 2. The fourth-order valence-corrected chi connectivity index (χ4v) is 3.86. The topological polar surface area (TPSA) is 96.4 Å². The third-order valence-corrected chi connectivity index (χ3v) is 5.06. The number of fused-ring (bicyclic) bond motifs is 1. The van der Waals surface area contributed by atoms with Crippen LogP contribution in [0, 0.1) is 0 Å². The van der Waals surface area contributed by atoms with Crippen molar-refractivity contribution in [2.45, 2.75) is 10.9 Å². The molecule has 0 bridgehead atoms. The van der Waals surface area contributed by atoms with E-state index in [1.165, 1.54) is 12.3 Å². The maximum atomic E-state index is 12.7. The number of carboxylic acids is 1. The predicted octanol–water partition coefficient (Wildman–Crippen LogP) is 2.34. The van der Waals surface area contributed by atoms with Crippen LogP contribution in [0.3, 0.4) is 0 Å². The van der Waals surface area contributed by atoms with Crippen LogP contribution in [0.4, 0.5) is 0 Å². The molecule has 1 unspecified atom stereocenters. The fourth-order valence-electron chi connectivity index (χ4n) is 2.45. The molecule has 24 heavy (non-hydrogen) atoms. The van der Waals surface area contributed by atoms with Crippen LogP contribution in [0.15, 0.2) is 71.9 Å². The van der Waals surface area contributed by atoms with E-state index in [1.54, 1.807) is 54.7 Å². The van der Waals surface area contributed by atoms with E-state index in [4.69, 9.17) is 0 Å². The van der Waals surface area contributed by atoms with Crippen molar-refractivity contribution in [3.8, 4) is 0 Å². The Morgan fingerprint density at radius 2 is 1.79 bits per heavy atom. The summed E-state index contributed by atoms with van der Waals surface area (Å²) in [5.41, 5.74) is 0.357. The lowest BCUT2D eigenvalue weighted by molar-refractivity contribution is -0.139. The van der Waals surface area contributed by atoms with Crippen molar-refractivity contribution in [1.29, 1.82) is 0 Å². The Balaban J connectivity index is 2.05. The first kappa shape index (κ1) is 16.1. The average Bonchev–Trinajstić information content (AvgIpc) is 2.60. The molecule has 1 heterocycles. The van der Waals surface area contributed by atoms with E-state index in [0.29, 0.717) is 16.3 Å². The van der Waals surface area contributed by atoms with E-state index in [-0.39, 0.29) is 4.90 Å². The highest BCUT2D eigenvalue weighted by atomic mass is 32.2. The smallest absolute Gasteiger partial charge is 0.326 e. The molecule has 2 N–H and O–H groups in total. The molecule has 3 rings (SSSR count). The standard InChI is InChI=1S/C17H14N2O4S/c20-17(21)16(12-5-2-1-3-6-12)19-24(22,23)15-8-4-7-13-11-18-10-9-14(13)15/h1-11,16,19H,(H,20,21). The SMILES string of the molecule is O=C(O)C(NS(=O)(=O)c1cccc2cnccc12)c1ccccc1. The Labute approximate surface area is 138 Å². The zero-order chi connectivity index (χ0) is 17.2. The number of aliphatic carboxylic acids is 1. The summed E-state index contributed by atoms with van der Waals surface area (Å²) in [6.45, 7) is 0. The lowest BCUT2D eigenvalue weighted by atomic mass is 10.1. The minimum absolute atomic E-state index is 0.0181. The van der Waals surface area contributed by atoms with E-state index < -0.39 is 22.0 Å². The van der Waals surface area contributed by atoms with Gasteiger partial charge in [-0.15, -0.1) is 0 Å². The number of nitrogens with zero attached hydrogens (tertiary/aromatic N) is 1. The summed E-state index contributed by atoms with van der Waals surface area (Å²) < 4.78 is 27.7. The monoisotopic (exact) mass is 342 g/mol. The zero-order valence-electron chi connectivity index (χ0n) is 12.5. The van der Waals surface area contributed by atoms with Crippen LogP contribution in [0.1, 0.15) is 11.6 Å². The molecule has 0 radical (unpaired) electrons. The summed E-state index contributed by atoms with van der Waals surface area (Å²) in [6.07, 6.45) is 3.05. The summed E-state index contributed by atoms with van der Waals surface area (Å²) in [5, 5.41) is 10.6. The van der Waals surface area contributed by atoms with Crippen LogP contribution in [0.5, 0.6) is 0 Å². The number of nitrogens with one attached hydrogen (secondary N) is 1. The summed E-state index contributed by atoms with van der Waals surface area (Å²) in [5.74, 6) is -1.27. The molecule has 1 atom stereocenters. The molecule has 0 amide bonds. The highest BCUT2D eigenvalue weighted by Crippen LogP contribution is 2.24. The highest BCUT2D eigenvalue weighted by molar-refractivity contribution is 7.89. The molecule has 1 aromatic heterocycles. The predicted molar refractivity (Wildman–Crippen MR) is 88.9 cm³/mol. The molecule has 7 heteroatoms. The second-order valence-electron chi connectivity index (χ2n) is 5.16. The maximum absolute atomic E-state index is 12.7. The second kappa shape index (κ2) is 6.38. The molecular weight excluding hydrogens is 328 g/mol. The summed E-state index contributed by atoms with van der Waals surface area (Å²) in [4.78, 5) is 15.5. The fraction of sp³-hybridized carbons (Fsp3) is 0.0588. The van der Waals surface area contributed by atoms with Gasteiger partial charge in [0.05, 0.1) is 4.90 Å². The second-order valence-corrected chi connectivity index (χ2v) is 6.84. The van der Waals surface area contributed by atoms with E-state index in [1.807, 2.05) is 0 Å². The number of sulfonamides is 1. The average molecular weight is 342 g/mol. The molecule has 0 saturated heterocycles. The van der Waals surface area contributed by atoms with E-state index in [0.717, 1.165) is 0 Å². The number of aromatic nitrogens is 1. The summed E-state index contributed by atoms with van der Waals surface area (Å²) in [7, 11) is -4.04. The first-order valence-corrected chi connectivity index (χ1v) is 8.60. The van der Waals surface area contributed by atoms with Crippen LogP contribution in [0.25, 0.3) is 10.8 Å². The Bertz CT molecular complexity index is 982. The Hall–Kier alpha value is -2.77. The van der Waals surface area contributed by atoms with Gasteiger partial charge in [-0.25, -0.2) is 8.42 Å². The third-order valence-electron chi connectivity index (χ3n) is 3.58. The number of rotatable bonds is 5. The zero-order valence-corrected chi connectivity index (χ0v) is 13.3. The Kier molecular flexibility index (Phi) is 4.28. The molecule has 3 aromatic rings. The quantitative estimate of drug-likeness (QED) is 0.742. The molecule has 0 saturated carbocycles. The van der Waals surface area contributed by atoms with Crippen molar-refractivity contribution in [2.24, 2.45) is 0 Å². The van der Waals surface area contributed by atoms with Gasteiger partial charge < -0.3 is 5.11 Å². The minimum Gasteiger partial charge on any atom is -0.480 e.